The number of hydrazone groups is 1. The fraction of sp³-hybridized carbons (Fsp3) is 0.143. The Hall–Kier alpha value is -3.54. The molecule has 0 aliphatic carbocycles. The zero-order valence-electron chi connectivity index (χ0n) is 15.1. The van der Waals surface area contributed by atoms with Gasteiger partial charge in [-0.1, -0.05) is 36.4 Å². The van der Waals surface area contributed by atoms with Gasteiger partial charge in [0.2, 0.25) is 0 Å². The van der Waals surface area contributed by atoms with Crippen molar-refractivity contribution >= 4 is 28.6 Å². The van der Waals surface area contributed by atoms with Gasteiger partial charge in [0.1, 0.15) is 17.5 Å². The third-order valence-corrected chi connectivity index (χ3v) is 4.17. The van der Waals surface area contributed by atoms with E-state index in [1.807, 2.05) is 42.5 Å². The number of carbonyl (C=O) groups is 1. The van der Waals surface area contributed by atoms with Crippen LogP contribution in [-0.4, -0.2) is 30.4 Å². The van der Waals surface area contributed by atoms with Crippen molar-refractivity contribution in [2.24, 2.45) is 5.10 Å². The minimum absolute atomic E-state index is 0.0516. The molecule has 138 valence electrons. The molecule has 0 saturated heterocycles. The van der Waals surface area contributed by atoms with Gasteiger partial charge < -0.3 is 15.2 Å². The summed E-state index contributed by atoms with van der Waals surface area (Å²) in [5.74, 6) is 0.351. The summed E-state index contributed by atoms with van der Waals surface area (Å²) in [6.45, 7) is 1.76. The summed E-state index contributed by atoms with van der Waals surface area (Å²) in [4.78, 5) is 12.3. The molecular formula is C21H21N3O3. The number of anilines is 1. The predicted octanol–water partition coefficient (Wildman–Crippen LogP) is 3.50. The molecule has 0 bridgehead atoms. The van der Waals surface area contributed by atoms with Crippen molar-refractivity contribution in [3.63, 3.8) is 0 Å². The van der Waals surface area contributed by atoms with Gasteiger partial charge in [-0.2, -0.15) is 5.10 Å². The summed E-state index contributed by atoms with van der Waals surface area (Å²) in [5, 5.41) is 19.1. The first-order valence-corrected chi connectivity index (χ1v) is 8.52. The van der Waals surface area contributed by atoms with Crippen molar-refractivity contribution in [3.8, 4) is 11.5 Å². The van der Waals surface area contributed by atoms with Crippen LogP contribution in [0.25, 0.3) is 10.8 Å². The molecule has 0 radical (unpaired) electrons. The summed E-state index contributed by atoms with van der Waals surface area (Å²) >= 11 is 0. The highest BCUT2D eigenvalue weighted by atomic mass is 16.5. The van der Waals surface area contributed by atoms with Gasteiger partial charge >= 0.3 is 0 Å². The molecule has 1 amide bonds. The zero-order chi connectivity index (χ0) is 19.2. The number of nitrogens with one attached hydrogen (secondary N) is 2. The number of hydrogen-bond donors (Lipinski definition) is 3. The second-order valence-electron chi connectivity index (χ2n) is 6.05. The van der Waals surface area contributed by atoms with Crippen LogP contribution in [0.4, 0.5) is 5.69 Å². The third-order valence-electron chi connectivity index (χ3n) is 4.17. The highest BCUT2D eigenvalue weighted by Gasteiger charge is 2.13. The minimum Gasteiger partial charge on any atom is -0.507 e. The number of amides is 1. The van der Waals surface area contributed by atoms with Crippen LogP contribution in [0.2, 0.25) is 0 Å². The highest BCUT2D eigenvalue weighted by molar-refractivity contribution is 5.96. The molecular weight excluding hydrogens is 342 g/mol. The molecule has 3 aromatic carbocycles. The maximum Gasteiger partial charge on any atom is 0.262 e. The molecule has 0 aliphatic heterocycles. The summed E-state index contributed by atoms with van der Waals surface area (Å²) in [5.41, 5.74) is 3.81. The van der Waals surface area contributed by atoms with E-state index in [0.717, 1.165) is 16.5 Å². The van der Waals surface area contributed by atoms with E-state index in [2.05, 4.69) is 15.8 Å². The predicted molar refractivity (Wildman–Crippen MR) is 107 cm³/mol. The largest absolute Gasteiger partial charge is 0.507 e. The number of benzene rings is 3. The summed E-state index contributed by atoms with van der Waals surface area (Å²) in [6.07, 6.45) is 1.38. The Morgan fingerprint density at radius 1 is 1.15 bits per heavy atom. The van der Waals surface area contributed by atoms with Crippen LogP contribution in [0, 0.1) is 0 Å². The van der Waals surface area contributed by atoms with E-state index in [1.165, 1.54) is 19.4 Å². The van der Waals surface area contributed by atoms with Crippen molar-refractivity contribution in [1.82, 2.24) is 5.43 Å². The number of phenolic OH excluding ortho intramolecular Hbond substituents is 1. The molecule has 0 unspecified atom stereocenters. The quantitative estimate of drug-likeness (QED) is 0.462. The van der Waals surface area contributed by atoms with E-state index >= 15 is 0 Å². The van der Waals surface area contributed by atoms with Gasteiger partial charge in [0.15, 0.2) is 0 Å². The summed E-state index contributed by atoms with van der Waals surface area (Å²) in [6, 6.07) is 18.2. The average Bonchev–Trinajstić information content (AvgIpc) is 2.69. The van der Waals surface area contributed by atoms with Crippen molar-refractivity contribution in [2.45, 2.75) is 13.0 Å². The van der Waals surface area contributed by atoms with Gasteiger partial charge in [-0.25, -0.2) is 5.43 Å². The first-order valence-electron chi connectivity index (χ1n) is 8.52. The maximum atomic E-state index is 12.3. The Bertz CT molecular complexity index is 980. The van der Waals surface area contributed by atoms with E-state index in [1.54, 1.807) is 19.1 Å². The zero-order valence-corrected chi connectivity index (χ0v) is 15.1. The first kappa shape index (κ1) is 18.3. The normalized spacial score (nSPS) is 12.1. The number of rotatable bonds is 6. The Balaban J connectivity index is 1.66. The Labute approximate surface area is 157 Å². The van der Waals surface area contributed by atoms with Gasteiger partial charge in [0.05, 0.1) is 13.3 Å². The SMILES string of the molecule is COc1ccc(O)c(/C=N\NC(=O)[C@@H](C)Nc2cccc3ccccc23)c1. The lowest BCUT2D eigenvalue weighted by Crippen LogP contribution is -2.34. The Morgan fingerprint density at radius 3 is 2.74 bits per heavy atom. The van der Waals surface area contributed by atoms with Crippen LogP contribution in [0.15, 0.2) is 65.8 Å². The standard InChI is InChI=1S/C21H21N3O3/c1-14(23-19-9-5-7-15-6-3-4-8-18(15)19)21(26)24-22-13-16-12-17(27-2)10-11-20(16)25/h3-14,23,25H,1-2H3,(H,24,26)/b22-13-/t14-/m1/s1. The molecule has 3 N–H and O–H groups in total. The van der Waals surface area contributed by atoms with Gasteiger partial charge in [-0.05, 0) is 36.6 Å². The smallest absolute Gasteiger partial charge is 0.262 e. The van der Waals surface area contributed by atoms with Crippen LogP contribution in [0.5, 0.6) is 11.5 Å². The molecule has 6 heteroatoms. The topological polar surface area (TPSA) is 83.0 Å². The fourth-order valence-corrected chi connectivity index (χ4v) is 2.68. The maximum absolute atomic E-state index is 12.3. The van der Waals surface area contributed by atoms with Crippen LogP contribution < -0.4 is 15.5 Å². The van der Waals surface area contributed by atoms with Gasteiger partial charge in [-0.3, -0.25) is 4.79 Å². The number of methoxy groups -OCH3 is 1. The van der Waals surface area contributed by atoms with Crippen molar-refractivity contribution in [2.75, 3.05) is 12.4 Å². The molecule has 3 rings (SSSR count). The number of phenols is 1. The molecule has 3 aromatic rings. The van der Waals surface area contributed by atoms with E-state index in [4.69, 9.17) is 4.74 Å². The molecule has 0 fully saturated rings. The lowest BCUT2D eigenvalue weighted by molar-refractivity contribution is -0.121. The van der Waals surface area contributed by atoms with Crippen molar-refractivity contribution < 1.29 is 14.6 Å². The van der Waals surface area contributed by atoms with E-state index < -0.39 is 6.04 Å². The number of ether oxygens (including phenoxy) is 1. The number of carbonyl (C=O) groups excluding carboxylic acids is 1. The Kier molecular flexibility index (Phi) is 5.56. The molecule has 0 heterocycles. The van der Waals surface area contributed by atoms with Gasteiger partial charge in [0, 0.05) is 16.6 Å². The second-order valence-corrected chi connectivity index (χ2v) is 6.05. The number of hydrogen-bond acceptors (Lipinski definition) is 5. The lowest BCUT2D eigenvalue weighted by Gasteiger charge is -2.15. The molecule has 0 aliphatic rings. The molecule has 0 aromatic heterocycles. The van der Waals surface area contributed by atoms with Crippen LogP contribution in [0.3, 0.4) is 0 Å². The second kappa shape index (κ2) is 8.23. The third kappa shape index (κ3) is 4.36. The van der Waals surface area contributed by atoms with E-state index in [-0.39, 0.29) is 11.7 Å². The molecule has 27 heavy (non-hydrogen) atoms. The molecule has 1 atom stereocenters. The van der Waals surface area contributed by atoms with Crippen LogP contribution in [-0.2, 0) is 4.79 Å². The summed E-state index contributed by atoms with van der Waals surface area (Å²) < 4.78 is 5.11. The van der Waals surface area contributed by atoms with E-state index in [9.17, 15) is 9.90 Å². The number of nitrogens with zero attached hydrogens (tertiary/aromatic N) is 1. The monoisotopic (exact) mass is 363 g/mol. The lowest BCUT2D eigenvalue weighted by atomic mass is 10.1. The number of fused-ring (bicyclic) bond motifs is 1. The fourth-order valence-electron chi connectivity index (χ4n) is 2.68. The van der Waals surface area contributed by atoms with Gasteiger partial charge in [-0.15, -0.1) is 0 Å². The highest BCUT2D eigenvalue weighted by Crippen LogP contribution is 2.23. The molecule has 0 saturated carbocycles. The number of aromatic hydroxyl groups is 1. The van der Waals surface area contributed by atoms with Crippen LogP contribution in [0.1, 0.15) is 12.5 Å². The van der Waals surface area contributed by atoms with E-state index in [0.29, 0.717) is 11.3 Å². The average molecular weight is 363 g/mol. The Morgan fingerprint density at radius 2 is 1.93 bits per heavy atom. The molecule has 0 spiro atoms. The van der Waals surface area contributed by atoms with Crippen LogP contribution >= 0.6 is 0 Å². The molecule has 6 nitrogen and oxygen atoms in total. The van der Waals surface area contributed by atoms with Crippen molar-refractivity contribution in [3.05, 3.63) is 66.2 Å². The first-order chi connectivity index (χ1) is 13.1. The van der Waals surface area contributed by atoms with Gasteiger partial charge in [0.25, 0.3) is 5.91 Å². The minimum atomic E-state index is -0.494. The van der Waals surface area contributed by atoms with Crippen molar-refractivity contribution in [1.29, 1.82) is 0 Å². The summed E-state index contributed by atoms with van der Waals surface area (Å²) in [7, 11) is 1.54.